The van der Waals surface area contributed by atoms with Gasteiger partial charge in [0.05, 0.1) is 17.1 Å². The van der Waals surface area contributed by atoms with Gasteiger partial charge >= 0.3 is 5.97 Å². The molecule has 0 amide bonds. The summed E-state index contributed by atoms with van der Waals surface area (Å²) in [6, 6.07) is 14.1. The number of non-ortho nitro benzene ring substituents is 1. The van der Waals surface area contributed by atoms with Gasteiger partial charge in [-0.2, -0.15) is 0 Å². The molecule has 0 N–H and O–H groups in total. The second-order valence-corrected chi connectivity index (χ2v) is 5.68. The molecule has 0 aliphatic rings. The molecule has 0 fully saturated rings. The number of ketones is 1. The molecule has 0 atom stereocenters. The highest BCUT2D eigenvalue weighted by molar-refractivity contribution is 6.13. The van der Waals surface area contributed by atoms with Crippen molar-refractivity contribution in [3.8, 4) is 11.4 Å². The number of nitro groups is 1. The third-order valence-electron chi connectivity index (χ3n) is 3.87. The van der Waals surface area contributed by atoms with E-state index in [4.69, 9.17) is 4.74 Å². The van der Waals surface area contributed by atoms with E-state index in [1.807, 2.05) is 6.07 Å². The number of hydrogen-bond acceptors (Lipinski definition) is 7. The van der Waals surface area contributed by atoms with Gasteiger partial charge in [-0.15, -0.1) is 0 Å². The molecule has 0 radical (unpaired) electrons. The molecule has 1 aromatic heterocycles. The van der Waals surface area contributed by atoms with E-state index in [9.17, 15) is 19.7 Å². The Labute approximate surface area is 160 Å². The van der Waals surface area contributed by atoms with Gasteiger partial charge in [-0.05, 0) is 19.1 Å². The summed E-state index contributed by atoms with van der Waals surface area (Å²) in [4.78, 5) is 43.9. The fourth-order valence-corrected chi connectivity index (χ4v) is 2.52. The Kier molecular flexibility index (Phi) is 5.50. The Balaban J connectivity index is 2.04. The lowest BCUT2D eigenvalue weighted by atomic mass is 10.0. The van der Waals surface area contributed by atoms with E-state index >= 15 is 0 Å². The molecule has 8 nitrogen and oxygen atoms in total. The first kappa shape index (κ1) is 18.8. The molecule has 0 aliphatic heterocycles. The van der Waals surface area contributed by atoms with E-state index in [-0.39, 0.29) is 34.9 Å². The predicted molar refractivity (Wildman–Crippen MR) is 100.0 cm³/mol. The van der Waals surface area contributed by atoms with Gasteiger partial charge in [-0.1, -0.05) is 30.3 Å². The van der Waals surface area contributed by atoms with Crippen LogP contribution in [0.5, 0.6) is 0 Å². The van der Waals surface area contributed by atoms with Gasteiger partial charge in [0.25, 0.3) is 5.69 Å². The fraction of sp³-hybridized carbons (Fsp3) is 0.100. The summed E-state index contributed by atoms with van der Waals surface area (Å²) >= 11 is 0. The molecule has 0 saturated heterocycles. The van der Waals surface area contributed by atoms with Crippen molar-refractivity contribution in [2.24, 2.45) is 0 Å². The van der Waals surface area contributed by atoms with Crippen molar-refractivity contribution in [3.05, 3.63) is 87.7 Å². The average Bonchev–Trinajstić information content (AvgIpc) is 2.73. The molecule has 3 aromatic rings. The number of nitro benzene ring substituents is 1. The van der Waals surface area contributed by atoms with Crippen LogP contribution in [-0.2, 0) is 4.74 Å². The summed E-state index contributed by atoms with van der Waals surface area (Å²) in [5.41, 5.74) is 0.526. The molecule has 3 rings (SSSR count). The zero-order chi connectivity index (χ0) is 20.1. The maximum absolute atomic E-state index is 12.8. The molecule has 0 spiro atoms. The predicted octanol–water partition coefficient (Wildman–Crippen LogP) is 3.46. The van der Waals surface area contributed by atoms with Crippen molar-refractivity contribution in [3.63, 3.8) is 0 Å². The van der Waals surface area contributed by atoms with Crippen molar-refractivity contribution in [1.29, 1.82) is 0 Å². The minimum Gasteiger partial charge on any atom is -0.461 e. The number of carbonyl (C=O) groups excluding carboxylic acids is 2. The highest BCUT2D eigenvalue weighted by Crippen LogP contribution is 2.20. The molecule has 0 bridgehead atoms. The number of hydrogen-bond donors (Lipinski definition) is 0. The van der Waals surface area contributed by atoms with Crippen molar-refractivity contribution >= 4 is 17.4 Å². The Morgan fingerprint density at radius 2 is 1.75 bits per heavy atom. The topological polar surface area (TPSA) is 112 Å². The second kappa shape index (κ2) is 8.17. The Morgan fingerprint density at radius 3 is 2.36 bits per heavy atom. The Bertz CT molecular complexity index is 1030. The monoisotopic (exact) mass is 377 g/mol. The lowest BCUT2D eigenvalue weighted by molar-refractivity contribution is -0.384. The van der Waals surface area contributed by atoms with Gasteiger partial charge in [0.1, 0.15) is 0 Å². The van der Waals surface area contributed by atoms with Crippen molar-refractivity contribution in [2.45, 2.75) is 6.92 Å². The van der Waals surface area contributed by atoms with Crippen LogP contribution in [0.25, 0.3) is 11.4 Å². The largest absolute Gasteiger partial charge is 0.461 e. The third kappa shape index (κ3) is 3.90. The number of rotatable bonds is 6. The zero-order valence-electron chi connectivity index (χ0n) is 14.9. The van der Waals surface area contributed by atoms with Crippen molar-refractivity contribution < 1.29 is 19.2 Å². The van der Waals surface area contributed by atoms with E-state index in [1.165, 1.54) is 30.5 Å². The molecule has 0 unspecified atom stereocenters. The average molecular weight is 377 g/mol. The number of esters is 1. The molecule has 28 heavy (non-hydrogen) atoms. The number of carbonyl (C=O) groups is 2. The minimum absolute atomic E-state index is 0.0352. The van der Waals surface area contributed by atoms with E-state index in [0.717, 1.165) is 0 Å². The molecule has 0 aliphatic carbocycles. The quantitative estimate of drug-likeness (QED) is 0.280. The van der Waals surface area contributed by atoms with Crippen LogP contribution < -0.4 is 0 Å². The molecular weight excluding hydrogens is 362 g/mol. The SMILES string of the molecule is CCOC(=O)c1nc(-c2ccccc2)ncc1C(=O)c1ccc([N+](=O)[O-])cc1. The second-order valence-electron chi connectivity index (χ2n) is 5.68. The lowest BCUT2D eigenvalue weighted by Crippen LogP contribution is -2.16. The molecule has 0 saturated carbocycles. The summed E-state index contributed by atoms with van der Waals surface area (Å²) in [5, 5.41) is 10.8. The first-order valence-electron chi connectivity index (χ1n) is 8.40. The van der Waals surface area contributed by atoms with Crippen LogP contribution in [0.3, 0.4) is 0 Å². The third-order valence-corrected chi connectivity index (χ3v) is 3.87. The molecular formula is C20H15N3O5. The Morgan fingerprint density at radius 1 is 1.07 bits per heavy atom. The maximum atomic E-state index is 12.8. The van der Waals surface area contributed by atoms with Gasteiger partial charge in [0.15, 0.2) is 17.3 Å². The first-order chi connectivity index (χ1) is 13.5. The number of benzene rings is 2. The standard InChI is InChI=1S/C20H15N3O5/c1-2-28-20(25)17-16(12-21-19(22-17)14-6-4-3-5-7-14)18(24)13-8-10-15(11-9-13)23(26)27/h3-12H,2H2,1H3. The summed E-state index contributed by atoms with van der Waals surface area (Å²) < 4.78 is 5.03. The van der Waals surface area contributed by atoms with Crippen LogP contribution in [0.15, 0.2) is 60.8 Å². The van der Waals surface area contributed by atoms with Crippen LogP contribution in [0, 0.1) is 10.1 Å². The van der Waals surface area contributed by atoms with Gasteiger partial charge in [0.2, 0.25) is 0 Å². The number of aromatic nitrogens is 2. The van der Waals surface area contributed by atoms with Crippen LogP contribution >= 0.6 is 0 Å². The van der Waals surface area contributed by atoms with Gasteiger partial charge in [-0.25, -0.2) is 14.8 Å². The van der Waals surface area contributed by atoms with Crippen LogP contribution in [-0.4, -0.2) is 33.3 Å². The molecule has 1 heterocycles. The van der Waals surface area contributed by atoms with E-state index in [0.29, 0.717) is 5.56 Å². The summed E-state index contributed by atoms with van der Waals surface area (Å²) in [6.45, 7) is 1.77. The van der Waals surface area contributed by atoms with E-state index < -0.39 is 16.7 Å². The van der Waals surface area contributed by atoms with E-state index in [2.05, 4.69) is 9.97 Å². The summed E-state index contributed by atoms with van der Waals surface area (Å²) in [5.74, 6) is -0.992. The minimum atomic E-state index is -0.743. The van der Waals surface area contributed by atoms with Crippen molar-refractivity contribution in [1.82, 2.24) is 9.97 Å². The lowest BCUT2D eigenvalue weighted by Gasteiger charge is -2.09. The van der Waals surface area contributed by atoms with E-state index in [1.54, 1.807) is 31.2 Å². The Hall–Kier alpha value is -3.94. The molecule has 2 aromatic carbocycles. The normalized spacial score (nSPS) is 10.3. The fourth-order valence-electron chi connectivity index (χ4n) is 2.52. The van der Waals surface area contributed by atoms with Gasteiger partial charge < -0.3 is 4.74 Å². The van der Waals surface area contributed by atoms with Crippen LogP contribution in [0.2, 0.25) is 0 Å². The number of ether oxygens (including phenoxy) is 1. The molecule has 8 heteroatoms. The van der Waals surface area contributed by atoms with Crippen LogP contribution in [0.1, 0.15) is 33.3 Å². The maximum Gasteiger partial charge on any atom is 0.357 e. The summed E-state index contributed by atoms with van der Waals surface area (Å²) in [6.07, 6.45) is 1.27. The smallest absolute Gasteiger partial charge is 0.357 e. The van der Waals surface area contributed by atoms with Gasteiger partial charge in [0, 0.05) is 29.5 Å². The van der Waals surface area contributed by atoms with Gasteiger partial charge in [-0.3, -0.25) is 14.9 Å². The van der Waals surface area contributed by atoms with Crippen molar-refractivity contribution in [2.75, 3.05) is 6.61 Å². The first-order valence-corrected chi connectivity index (χ1v) is 8.40. The molecule has 140 valence electrons. The number of nitrogens with zero attached hydrogens (tertiary/aromatic N) is 3. The highest BCUT2D eigenvalue weighted by atomic mass is 16.6. The zero-order valence-corrected chi connectivity index (χ0v) is 14.9. The highest BCUT2D eigenvalue weighted by Gasteiger charge is 2.23. The van der Waals surface area contributed by atoms with Crippen LogP contribution in [0.4, 0.5) is 5.69 Å². The summed E-state index contributed by atoms with van der Waals surface area (Å²) in [7, 11) is 0.